The predicted molar refractivity (Wildman–Crippen MR) is 92.7 cm³/mol. The molecule has 25 heavy (non-hydrogen) atoms. The van der Waals surface area contributed by atoms with Crippen molar-refractivity contribution in [2.45, 2.75) is 57.0 Å². The summed E-state index contributed by atoms with van der Waals surface area (Å²) >= 11 is 0. The largest absolute Gasteiger partial charge is 0.335 e. The number of rotatable bonds is 2. The molecule has 2 aromatic rings. The minimum absolute atomic E-state index is 0.0656. The Bertz CT molecular complexity index is 747. The third kappa shape index (κ3) is 3.45. The van der Waals surface area contributed by atoms with Crippen LogP contribution in [-0.2, 0) is 0 Å². The Morgan fingerprint density at radius 2 is 1.88 bits per heavy atom. The van der Waals surface area contributed by atoms with Crippen LogP contribution in [-0.4, -0.2) is 45.1 Å². The van der Waals surface area contributed by atoms with Crippen LogP contribution in [0.4, 0.5) is 9.18 Å². The maximum atomic E-state index is 13.3. The van der Waals surface area contributed by atoms with E-state index in [0.717, 1.165) is 31.2 Å². The van der Waals surface area contributed by atoms with Gasteiger partial charge >= 0.3 is 6.03 Å². The van der Waals surface area contributed by atoms with Crippen LogP contribution >= 0.6 is 0 Å². The molecule has 0 bridgehead atoms. The van der Waals surface area contributed by atoms with Gasteiger partial charge in [-0.2, -0.15) is 0 Å². The first-order valence-corrected chi connectivity index (χ1v) is 9.26. The van der Waals surface area contributed by atoms with Gasteiger partial charge < -0.3 is 10.2 Å². The van der Waals surface area contributed by atoms with E-state index in [2.05, 4.69) is 15.6 Å². The zero-order chi connectivity index (χ0) is 17.2. The Balaban J connectivity index is 1.36. The molecule has 0 unspecified atom stereocenters. The molecule has 0 atom stereocenters. The molecule has 0 spiro atoms. The van der Waals surface area contributed by atoms with Crippen molar-refractivity contribution < 1.29 is 9.18 Å². The molecule has 1 aromatic carbocycles. The van der Waals surface area contributed by atoms with E-state index in [4.69, 9.17) is 0 Å². The molecular weight excluding hydrogens is 321 g/mol. The number of halogens is 1. The monoisotopic (exact) mass is 345 g/mol. The van der Waals surface area contributed by atoms with Gasteiger partial charge in [-0.05, 0) is 37.8 Å². The quantitative estimate of drug-likeness (QED) is 0.909. The Morgan fingerprint density at radius 1 is 1.12 bits per heavy atom. The number of benzene rings is 1. The van der Waals surface area contributed by atoms with Gasteiger partial charge in [-0.25, -0.2) is 13.9 Å². The SMILES string of the molecule is O=C(NC1CCCCC1)N1CCC(n2nnc3cc(F)ccc32)CC1. The van der Waals surface area contributed by atoms with Crippen LogP contribution in [0.2, 0.25) is 0 Å². The van der Waals surface area contributed by atoms with E-state index in [1.165, 1.54) is 31.4 Å². The second-order valence-electron chi connectivity index (χ2n) is 7.17. The zero-order valence-electron chi connectivity index (χ0n) is 14.3. The number of likely N-dealkylation sites (tertiary alicyclic amines) is 1. The summed E-state index contributed by atoms with van der Waals surface area (Å²) in [5.41, 5.74) is 1.43. The smallest absolute Gasteiger partial charge is 0.317 e. The van der Waals surface area contributed by atoms with E-state index in [-0.39, 0.29) is 17.9 Å². The van der Waals surface area contributed by atoms with Gasteiger partial charge in [0.25, 0.3) is 0 Å². The topological polar surface area (TPSA) is 63.1 Å². The fourth-order valence-corrected chi connectivity index (χ4v) is 4.01. The van der Waals surface area contributed by atoms with Gasteiger partial charge in [0.15, 0.2) is 0 Å². The molecule has 7 heteroatoms. The summed E-state index contributed by atoms with van der Waals surface area (Å²) in [5.74, 6) is -0.297. The van der Waals surface area contributed by atoms with Crippen molar-refractivity contribution in [3.05, 3.63) is 24.0 Å². The molecule has 1 aliphatic heterocycles. The number of aromatic nitrogens is 3. The number of fused-ring (bicyclic) bond motifs is 1. The molecule has 2 aliphatic rings. The zero-order valence-corrected chi connectivity index (χ0v) is 14.3. The number of nitrogens with one attached hydrogen (secondary N) is 1. The summed E-state index contributed by atoms with van der Waals surface area (Å²) < 4.78 is 15.2. The van der Waals surface area contributed by atoms with Crippen LogP contribution in [0.5, 0.6) is 0 Å². The summed E-state index contributed by atoms with van der Waals surface area (Å²) in [6.07, 6.45) is 7.60. The van der Waals surface area contributed by atoms with Crippen molar-refractivity contribution in [2.24, 2.45) is 0 Å². The third-order valence-corrected chi connectivity index (χ3v) is 5.46. The second kappa shape index (κ2) is 6.98. The molecule has 4 rings (SSSR count). The number of carbonyl (C=O) groups is 1. The highest BCUT2D eigenvalue weighted by molar-refractivity contribution is 5.75. The van der Waals surface area contributed by atoms with Crippen molar-refractivity contribution in [1.29, 1.82) is 0 Å². The van der Waals surface area contributed by atoms with E-state index >= 15 is 0 Å². The predicted octanol–water partition coefficient (Wildman–Crippen LogP) is 3.25. The molecule has 134 valence electrons. The van der Waals surface area contributed by atoms with Crippen molar-refractivity contribution >= 4 is 17.1 Å². The Morgan fingerprint density at radius 3 is 2.64 bits per heavy atom. The summed E-state index contributed by atoms with van der Waals surface area (Å²) in [6, 6.07) is 5.19. The van der Waals surface area contributed by atoms with Crippen LogP contribution < -0.4 is 5.32 Å². The molecule has 0 radical (unpaired) electrons. The number of amides is 2. The lowest BCUT2D eigenvalue weighted by Crippen LogP contribution is -2.48. The molecule has 2 amide bonds. The Kier molecular flexibility index (Phi) is 4.55. The Hall–Kier alpha value is -2.18. The third-order valence-electron chi connectivity index (χ3n) is 5.46. The number of urea groups is 1. The van der Waals surface area contributed by atoms with Crippen LogP contribution in [0.15, 0.2) is 18.2 Å². The highest BCUT2D eigenvalue weighted by atomic mass is 19.1. The first-order chi connectivity index (χ1) is 12.2. The Labute approximate surface area is 146 Å². The number of nitrogens with zero attached hydrogens (tertiary/aromatic N) is 4. The average molecular weight is 345 g/mol. The molecule has 1 N–H and O–H groups in total. The molecule has 1 aliphatic carbocycles. The molecule has 1 saturated carbocycles. The van der Waals surface area contributed by atoms with Gasteiger partial charge in [0.1, 0.15) is 11.3 Å². The maximum Gasteiger partial charge on any atom is 0.317 e. The van der Waals surface area contributed by atoms with Crippen molar-refractivity contribution in [3.8, 4) is 0 Å². The molecule has 2 heterocycles. The highest BCUT2D eigenvalue weighted by Gasteiger charge is 2.27. The van der Waals surface area contributed by atoms with E-state index in [0.29, 0.717) is 24.6 Å². The number of piperidine rings is 1. The van der Waals surface area contributed by atoms with Crippen molar-refractivity contribution in [1.82, 2.24) is 25.2 Å². The molecular formula is C18H24FN5O. The first kappa shape index (κ1) is 16.3. The van der Waals surface area contributed by atoms with Gasteiger partial charge in [0.2, 0.25) is 0 Å². The van der Waals surface area contributed by atoms with E-state index < -0.39 is 0 Å². The van der Waals surface area contributed by atoms with Crippen LogP contribution in [0.3, 0.4) is 0 Å². The average Bonchev–Trinajstić information content (AvgIpc) is 3.05. The van der Waals surface area contributed by atoms with Crippen LogP contribution in [0, 0.1) is 5.82 Å². The molecule has 1 aromatic heterocycles. The fraction of sp³-hybridized carbons (Fsp3) is 0.611. The lowest BCUT2D eigenvalue weighted by molar-refractivity contribution is 0.163. The van der Waals surface area contributed by atoms with Gasteiger partial charge in [0, 0.05) is 25.2 Å². The van der Waals surface area contributed by atoms with Gasteiger partial charge in [-0.1, -0.05) is 24.5 Å². The van der Waals surface area contributed by atoms with E-state index in [1.807, 2.05) is 9.58 Å². The number of carbonyl (C=O) groups excluding carboxylic acids is 1. The standard InChI is InChI=1S/C18H24FN5O/c19-13-6-7-17-16(12-13)21-22-24(17)15-8-10-23(11-9-15)18(25)20-14-4-2-1-3-5-14/h6-7,12,14-15H,1-5,8-11H2,(H,20,25). The summed E-state index contributed by atoms with van der Waals surface area (Å²) in [6.45, 7) is 1.43. The lowest BCUT2D eigenvalue weighted by Gasteiger charge is -2.34. The van der Waals surface area contributed by atoms with Crippen molar-refractivity contribution in [2.75, 3.05) is 13.1 Å². The summed E-state index contributed by atoms with van der Waals surface area (Å²) in [7, 11) is 0. The summed E-state index contributed by atoms with van der Waals surface area (Å²) in [4.78, 5) is 14.4. The van der Waals surface area contributed by atoms with Crippen LogP contribution in [0.25, 0.3) is 11.0 Å². The maximum absolute atomic E-state index is 13.3. The second-order valence-corrected chi connectivity index (χ2v) is 7.17. The summed E-state index contributed by atoms with van der Waals surface area (Å²) in [5, 5.41) is 11.5. The molecule has 6 nitrogen and oxygen atoms in total. The van der Waals surface area contributed by atoms with Gasteiger partial charge in [-0.3, -0.25) is 0 Å². The van der Waals surface area contributed by atoms with E-state index in [1.54, 1.807) is 6.07 Å². The normalized spacial score (nSPS) is 20.1. The number of hydrogen-bond donors (Lipinski definition) is 1. The van der Waals surface area contributed by atoms with Crippen molar-refractivity contribution in [3.63, 3.8) is 0 Å². The molecule has 1 saturated heterocycles. The molecule has 2 fully saturated rings. The lowest BCUT2D eigenvalue weighted by atomic mass is 9.95. The van der Waals surface area contributed by atoms with E-state index in [9.17, 15) is 9.18 Å². The number of hydrogen-bond acceptors (Lipinski definition) is 3. The fourth-order valence-electron chi connectivity index (χ4n) is 4.01. The van der Waals surface area contributed by atoms with Gasteiger partial charge in [0.05, 0.1) is 11.6 Å². The first-order valence-electron chi connectivity index (χ1n) is 9.26. The van der Waals surface area contributed by atoms with Crippen LogP contribution in [0.1, 0.15) is 51.0 Å². The van der Waals surface area contributed by atoms with Gasteiger partial charge in [-0.15, -0.1) is 5.10 Å². The minimum atomic E-state index is -0.297. The highest BCUT2D eigenvalue weighted by Crippen LogP contribution is 2.26. The minimum Gasteiger partial charge on any atom is -0.335 e.